The van der Waals surface area contributed by atoms with E-state index in [2.05, 4.69) is 28.5 Å². The van der Waals surface area contributed by atoms with Crippen LogP contribution in [0.15, 0.2) is 0 Å². The number of piperidine rings is 1. The van der Waals surface area contributed by atoms with Gasteiger partial charge in [-0.25, -0.2) is 4.79 Å². The predicted molar refractivity (Wildman–Crippen MR) is 115 cm³/mol. The maximum atomic E-state index is 12.3. The summed E-state index contributed by atoms with van der Waals surface area (Å²) in [5, 5.41) is 8.81. The van der Waals surface area contributed by atoms with Gasteiger partial charge in [0, 0.05) is 45.7 Å². The zero-order valence-electron chi connectivity index (χ0n) is 19.0. The van der Waals surface area contributed by atoms with Gasteiger partial charge in [-0.2, -0.15) is 0 Å². The topological polar surface area (TPSA) is 76.6 Å². The van der Waals surface area contributed by atoms with Crippen LogP contribution in [0.5, 0.6) is 0 Å². The van der Waals surface area contributed by atoms with Gasteiger partial charge in [-0.1, -0.05) is 0 Å². The molecule has 0 radical (unpaired) electrons. The Morgan fingerprint density at radius 1 is 1.10 bits per heavy atom. The second-order valence-electron chi connectivity index (χ2n) is 9.48. The molecule has 3 aliphatic rings. The summed E-state index contributed by atoms with van der Waals surface area (Å²) in [6.07, 6.45) is 5.22. The number of likely N-dealkylation sites (N-methyl/N-ethyl adjacent to an activating group) is 1. The van der Waals surface area contributed by atoms with E-state index in [9.17, 15) is 9.59 Å². The molecule has 0 aromatic carbocycles. The van der Waals surface area contributed by atoms with Crippen LogP contribution in [-0.2, 0) is 9.53 Å². The first kappa shape index (κ1) is 23.3. The lowest BCUT2D eigenvalue weighted by Crippen LogP contribution is -2.54. The number of ether oxygens (including phenoxy) is 1. The Morgan fingerprint density at radius 2 is 1.77 bits per heavy atom. The molecule has 8 heteroatoms. The highest BCUT2D eigenvalue weighted by molar-refractivity contribution is 5.70. The maximum Gasteiger partial charge on any atom is 0.411 e. The Kier molecular flexibility index (Phi) is 8.36. The third-order valence-electron chi connectivity index (χ3n) is 7.22. The van der Waals surface area contributed by atoms with Crippen molar-refractivity contribution in [2.75, 3.05) is 52.9 Å². The Morgan fingerprint density at radius 3 is 2.37 bits per heavy atom. The first-order valence-electron chi connectivity index (χ1n) is 11.7. The molecule has 30 heavy (non-hydrogen) atoms. The zero-order valence-corrected chi connectivity index (χ0v) is 19.0. The second kappa shape index (κ2) is 10.8. The highest BCUT2D eigenvalue weighted by Crippen LogP contribution is 2.30. The third-order valence-corrected chi connectivity index (χ3v) is 7.22. The van der Waals surface area contributed by atoms with Gasteiger partial charge in [0.2, 0.25) is 0 Å². The molecule has 0 aromatic rings. The SMILES string of the molecule is CC(C)N1CCC(CCC2C(N3CCN(CCCC(=O)O)CC3)OC(=O)N2C)CC1. The quantitative estimate of drug-likeness (QED) is 0.608. The van der Waals surface area contributed by atoms with E-state index in [1.54, 1.807) is 4.90 Å². The van der Waals surface area contributed by atoms with Crippen LogP contribution in [0, 0.1) is 5.92 Å². The number of amides is 1. The predicted octanol–water partition coefficient (Wildman–Crippen LogP) is 2.15. The van der Waals surface area contributed by atoms with E-state index in [0.29, 0.717) is 12.5 Å². The minimum Gasteiger partial charge on any atom is -0.481 e. The molecule has 3 saturated heterocycles. The molecule has 3 heterocycles. The summed E-state index contributed by atoms with van der Waals surface area (Å²) in [6, 6.07) is 0.754. The standard InChI is InChI=1S/C22H40N4O4/c1-17(2)25-11-8-18(9-12-25)6-7-19-21(30-22(29)23(19)3)26-15-13-24(14-16-26)10-4-5-20(27)28/h17-19,21H,4-16H2,1-3H3,(H,27,28). The Labute approximate surface area is 181 Å². The molecule has 2 unspecified atom stereocenters. The van der Waals surface area contributed by atoms with E-state index in [0.717, 1.165) is 51.5 Å². The molecule has 0 aliphatic carbocycles. The van der Waals surface area contributed by atoms with E-state index < -0.39 is 5.97 Å². The van der Waals surface area contributed by atoms with Gasteiger partial charge in [-0.3, -0.25) is 9.69 Å². The lowest BCUT2D eigenvalue weighted by Gasteiger charge is -2.39. The van der Waals surface area contributed by atoms with Crippen molar-refractivity contribution in [3.63, 3.8) is 0 Å². The van der Waals surface area contributed by atoms with Gasteiger partial charge in [0.15, 0.2) is 6.23 Å². The van der Waals surface area contributed by atoms with Crippen molar-refractivity contribution in [2.45, 2.75) is 70.7 Å². The molecular weight excluding hydrogens is 384 g/mol. The lowest BCUT2D eigenvalue weighted by atomic mass is 9.89. The number of aliphatic carboxylic acids is 1. The van der Waals surface area contributed by atoms with Gasteiger partial charge in [-0.05, 0) is 71.5 Å². The molecule has 0 bridgehead atoms. The van der Waals surface area contributed by atoms with Crippen LogP contribution in [0.2, 0.25) is 0 Å². The van der Waals surface area contributed by atoms with Crippen molar-refractivity contribution in [1.29, 1.82) is 0 Å². The van der Waals surface area contributed by atoms with Crippen LogP contribution in [0.25, 0.3) is 0 Å². The number of carboxylic acids is 1. The van der Waals surface area contributed by atoms with Crippen LogP contribution in [-0.4, -0.2) is 108 Å². The van der Waals surface area contributed by atoms with Gasteiger partial charge in [0.1, 0.15) is 0 Å². The number of carbonyl (C=O) groups is 2. The molecule has 2 atom stereocenters. The van der Waals surface area contributed by atoms with E-state index in [1.807, 2.05) is 7.05 Å². The summed E-state index contributed by atoms with van der Waals surface area (Å²) < 4.78 is 5.77. The number of hydrogen-bond acceptors (Lipinski definition) is 6. The summed E-state index contributed by atoms with van der Waals surface area (Å²) in [5.41, 5.74) is 0. The Hall–Kier alpha value is -1.38. The van der Waals surface area contributed by atoms with Crippen LogP contribution in [0.3, 0.4) is 0 Å². The van der Waals surface area contributed by atoms with Gasteiger partial charge < -0.3 is 24.5 Å². The molecule has 1 N–H and O–H groups in total. The monoisotopic (exact) mass is 424 g/mol. The van der Waals surface area contributed by atoms with Gasteiger partial charge in [-0.15, -0.1) is 0 Å². The van der Waals surface area contributed by atoms with Crippen molar-refractivity contribution in [3.8, 4) is 0 Å². The molecular formula is C22H40N4O4. The first-order valence-corrected chi connectivity index (χ1v) is 11.7. The van der Waals surface area contributed by atoms with Gasteiger partial charge >= 0.3 is 12.1 Å². The second-order valence-corrected chi connectivity index (χ2v) is 9.48. The summed E-state index contributed by atoms with van der Waals surface area (Å²) >= 11 is 0. The lowest BCUT2D eigenvalue weighted by molar-refractivity contribution is -0.137. The number of hydrogen-bond donors (Lipinski definition) is 1. The normalized spacial score (nSPS) is 27.7. The van der Waals surface area contributed by atoms with E-state index in [4.69, 9.17) is 9.84 Å². The van der Waals surface area contributed by atoms with Crippen LogP contribution in [0.4, 0.5) is 4.79 Å². The molecule has 1 amide bonds. The molecule has 8 nitrogen and oxygen atoms in total. The van der Waals surface area contributed by atoms with E-state index >= 15 is 0 Å². The number of nitrogens with zero attached hydrogens (tertiary/aromatic N) is 4. The number of piperazine rings is 1. The molecule has 0 aromatic heterocycles. The van der Waals surface area contributed by atoms with Gasteiger partial charge in [0.05, 0.1) is 6.04 Å². The summed E-state index contributed by atoms with van der Waals surface area (Å²) in [7, 11) is 1.87. The summed E-state index contributed by atoms with van der Waals surface area (Å²) in [4.78, 5) is 32.0. The molecule has 0 saturated carbocycles. The number of cyclic esters (lactones) is 1. The fourth-order valence-corrected chi connectivity index (χ4v) is 5.11. The Bertz CT molecular complexity index is 571. The summed E-state index contributed by atoms with van der Waals surface area (Å²) in [5.74, 6) is 0.0168. The van der Waals surface area contributed by atoms with Crippen molar-refractivity contribution in [2.24, 2.45) is 5.92 Å². The molecule has 0 spiro atoms. The third kappa shape index (κ3) is 6.08. The number of carbonyl (C=O) groups excluding carboxylic acids is 1. The highest BCUT2D eigenvalue weighted by Gasteiger charge is 2.43. The minimum atomic E-state index is -0.729. The molecule has 3 fully saturated rings. The molecule has 3 rings (SSSR count). The van der Waals surface area contributed by atoms with Crippen LogP contribution in [0.1, 0.15) is 52.4 Å². The fourth-order valence-electron chi connectivity index (χ4n) is 5.11. The van der Waals surface area contributed by atoms with E-state index in [1.165, 1.54) is 25.9 Å². The Balaban J connectivity index is 1.45. The van der Waals surface area contributed by atoms with Crippen molar-refractivity contribution in [3.05, 3.63) is 0 Å². The molecule has 172 valence electrons. The highest BCUT2D eigenvalue weighted by atomic mass is 16.6. The zero-order chi connectivity index (χ0) is 21.7. The fraction of sp³-hybridized carbons (Fsp3) is 0.909. The number of likely N-dealkylation sites (tertiary alicyclic amines) is 1. The minimum absolute atomic E-state index is 0.124. The average molecular weight is 425 g/mol. The summed E-state index contributed by atoms with van der Waals surface area (Å²) in [6.45, 7) is 11.3. The van der Waals surface area contributed by atoms with Crippen molar-refractivity contribution >= 4 is 12.1 Å². The maximum absolute atomic E-state index is 12.3. The van der Waals surface area contributed by atoms with Crippen molar-refractivity contribution in [1.82, 2.24) is 19.6 Å². The smallest absolute Gasteiger partial charge is 0.411 e. The van der Waals surface area contributed by atoms with E-state index in [-0.39, 0.29) is 24.8 Å². The largest absolute Gasteiger partial charge is 0.481 e. The number of rotatable bonds is 9. The van der Waals surface area contributed by atoms with Crippen molar-refractivity contribution < 1.29 is 19.4 Å². The molecule has 3 aliphatic heterocycles. The number of carboxylic acid groups (broad SMARTS) is 1. The van der Waals surface area contributed by atoms with Crippen LogP contribution >= 0.6 is 0 Å². The van der Waals surface area contributed by atoms with Crippen LogP contribution < -0.4 is 0 Å². The van der Waals surface area contributed by atoms with Gasteiger partial charge in [0.25, 0.3) is 0 Å². The first-order chi connectivity index (χ1) is 14.3. The average Bonchev–Trinajstić information content (AvgIpc) is 3.01.